The van der Waals surface area contributed by atoms with Crippen molar-refractivity contribution < 1.29 is 23.1 Å². The molecule has 2 N–H and O–H groups in total. The summed E-state index contributed by atoms with van der Waals surface area (Å²) in [6.45, 7) is -0.391. The molecule has 1 rings (SSSR count). The predicted molar refractivity (Wildman–Crippen MR) is 45.4 cm³/mol. The van der Waals surface area contributed by atoms with E-state index in [9.17, 15) is 18.0 Å². The summed E-state index contributed by atoms with van der Waals surface area (Å²) in [5.41, 5.74) is -0.872. The number of rotatable bonds is 3. The Labute approximate surface area is 82.7 Å². The third kappa shape index (κ3) is 3.45. The fourth-order valence-corrected chi connectivity index (χ4v) is 0.832. The van der Waals surface area contributed by atoms with Crippen molar-refractivity contribution >= 4 is 11.8 Å². The van der Waals surface area contributed by atoms with Crippen LogP contribution in [0.1, 0.15) is 5.56 Å². The van der Waals surface area contributed by atoms with Crippen molar-refractivity contribution in [1.82, 2.24) is 4.98 Å². The molecule has 15 heavy (non-hydrogen) atoms. The summed E-state index contributed by atoms with van der Waals surface area (Å²) >= 11 is 0. The summed E-state index contributed by atoms with van der Waals surface area (Å²) in [4.78, 5) is 13.6. The van der Waals surface area contributed by atoms with E-state index < -0.39 is 24.3 Å². The summed E-state index contributed by atoms with van der Waals surface area (Å²) in [5.74, 6) is -1.03. The Morgan fingerprint density at radius 2 is 2.13 bits per heavy atom. The maximum absolute atomic E-state index is 12.1. The van der Waals surface area contributed by atoms with Crippen LogP contribution in [0.2, 0.25) is 0 Å². The maximum atomic E-state index is 12.1. The Kier molecular flexibility index (Phi) is 3.13. The first-order chi connectivity index (χ1) is 6.89. The van der Waals surface area contributed by atoms with Gasteiger partial charge in [-0.2, -0.15) is 13.2 Å². The van der Waals surface area contributed by atoms with E-state index in [0.717, 1.165) is 12.1 Å². The second-order valence-corrected chi connectivity index (χ2v) is 2.68. The van der Waals surface area contributed by atoms with Gasteiger partial charge in [-0.1, -0.05) is 0 Å². The molecule has 0 aliphatic carbocycles. The molecule has 0 unspecified atom stereocenters. The summed E-state index contributed by atoms with van der Waals surface area (Å²) in [7, 11) is 0. The molecule has 0 spiro atoms. The summed E-state index contributed by atoms with van der Waals surface area (Å²) in [6.07, 6.45) is -3.79. The topological polar surface area (TPSA) is 62.2 Å². The molecule has 0 atom stereocenters. The molecule has 7 heteroatoms. The van der Waals surface area contributed by atoms with E-state index >= 15 is 0 Å². The van der Waals surface area contributed by atoms with Gasteiger partial charge < -0.3 is 10.4 Å². The van der Waals surface area contributed by atoms with Crippen molar-refractivity contribution in [3.8, 4) is 0 Å². The number of hydrogen-bond donors (Lipinski definition) is 2. The molecule has 0 aliphatic rings. The molecule has 0 fully saturated rings. The maximum Gasteiger partial charge on any atom is 0.417 e. The monoisotopic (exact) mass is 220 g/mol. The second-order valence-electron chi connectivity index (χ2n) is 2.68. The molecular weight excluding hydrogens is 213 g/mol. The summed E-state index contributed by atoms with van der Waals surface area (Å²) in [5, 5.41) is 10.6. The van der Waals surface area contributed by atoms with Crippen molar-refractivity contribution in [2.24, 2.45) is 0 Å². The number of carbonyl (C=O) groups is 1. The van der Waals surface area contributed by atoms with Crippen LogP contribution >= 0.6 is 0 Å². The number of nitrogens with zero attached hydrogens (tertiary/aromatic N) is 1. The van der Waals surface area contributed by atoms with Gasteiger partial charge >= 0.3 is 12.1 Å². The molecule has 0 aliphatic heterocycles. The minimum Gasteiger partial charge on any atom is -0.480 e. The quantitative estimate of drug-likeness (QED) is 0.812. The van der Waals surface area contributed by atoms with Gasteiger partial charge in [0.05, 0.1) is 5.56 Å². The Hall–Kier alpha value is -1.79. The zero-order chi connectivity index (χ0) is 11.5. The van der Waals surface area contributed by atoms with E-state index in [1.807, 2.05) is 0 Å². The summed E-state index contributed by atoms with van der Waals surface area (Å²) < 4.78 is 36.2. The number of nitrogens with one attached hydrogen (secondary N) is 1. The number of alkyl halides is 3. The Morgan fingerprint density at radius 3 is 2.53 bits per heavy atom. The average Bonchev–Trinajstić information content (AvgIpc) is 2.14. The molecule has 0 bridgehead atoms. The lowest BCUT2D eigenvalue weighted by atomic mass is 10.3. The fourth-order valence-electron chi connectivity index (χ4n) is 0.832. The van der Waals surface area contributed by atoms with Gasteiger partial charge in [0.25, 0.3) is 0 Å². The first-order valence-corrected chi connectivity index (χ1v) is 3.88. The first-order valence-electron chi connectivity index (χ1n) is 3.88. The number of pyridine rings is 1. The number of carboxylic acid groups (broad SMARTS) is 1. The molecule has 1 aromatic rings. The Bertz CT molecular complexity index is 348. The number of aliphatic carboxylic acids is 1. The molecule has 4 nitrogen and oxygen atoms in total. The van der Waals surface area contributed by atoms with Crippen molar-refractivity contribution in [2.75, 3.05) is 11.9 Å². The summed E-state index contributed by atoms with van der Waals surface area (Å²) in [6, 6.07) is 1.91. The van der Waals surface area contributed by atoms with Crippen LogP contribution in [0.4, 0.5) is 19.0 Å². The molecular formula is C8H7F3N2O2. The van der Waals surface area contributed by atoms with Crippen molar-refractivity contribution in [2.45, 2.75) is 6.18 Å². The van der Waals surface area contributed by atoms with Crippen molar-refractivity contribution in [3.05, 3.63) is 23.9 Å². The number of hydrogen-bond acceptors (Lipinski definition) is 3. The molecule has 82 valence electrons. The Morgan fingerprint density at radius 1 is 1.47 bits per heavy atom. The van der Waals surface area contributed by atoms with Crippen LogP contribution in [-0.4, -0.2) is 22.6 Å². The molecule has 0 radical (unpaired) electrons. The van der Waals surface area contributed by atoms with Gasteiger partial charge in [-0.3, -0.25) is 4.79 Å². The van der Waals surface area contributed by atoms with E-state index in [4.69, 9.17) is 5.11 Å². The zero-order valence-corrected chi connectivity index (χ0v) is 7.38. The molecule has 1 heterocycles. The van der Waals surface area contributed by atoms with E-state index in [-0.39, 0.29) is 5.82 Å². The van der Waals surface area contributed by atoms with Gasteiger partial charge in [0.1, 0.15) is 12.4 Å². The van der Waals surface area contributed by atoms with Crippen molar-refractivity contribution in [3.63, 3.8) is 0 Å². The van der Waals surface area contributed by atoms with Crippen LogP contribution in [0.5, 0.6) is 0 Å². The lowest BCUT2D eigenvalue weighted by Gasteiger charge is -2.07. The first kappa shape index (κ1) is 11.3. The van der Waals surface area contributed by atoms with Crippen LogP contribution in [0.3, 0.4) is 0 Å². The highest BCUT2D eigenvalue weighted by molar-refractivity contribution is 5.72. The van der Waals surface area contributed by atoms with Gasteiger partial charge in [-0.05, 0) is 12.1 Å². The highest BCUT2D eigenvalue weighted by atomic mass is 19.4. The largest absolute Gasteiger partial charge is 0.480 e. The highest BCUT2D eigenvalue weighted by Gasteiger charge is 2.30. The smallest absolute Gasteiger partial charge is 0.417 e. The minimum absolute atomic E-state index is 0.0883. The Balaban J connectivity index is 2.69. The minimum atomic E-state index is -4.43. The van der Waals surface area contributed by atoms with Gasteiger partial charge in [0, 0.05) is 6.20 Å². The number of anilines is 1. The lowest BCUT2D eigenvalue weighted by Crippen LogP contribution is -2.13. The second kappa shape index (κ2) is 4.16. The third-order valence-electron chi connectivity index (χ3n) is 1.51. The van der Waals surface area contributed by atoms with Gasteiger partial charge in [0.15, 0.2) is 0 Å². The van der Waals surface area contributed by atoms with Crippen LogP contribution in [0, 0.1) is 0 Å². The normalized spacial score (nSPS) is 11.1. The van der Waals surface area contributed by atoms with E-state index in [1.165, 1.54) is 0 Å². The molecule has 0 aromatic carbocycles. The third-order valence-corrected chi connectivity index (χ3v) is 1.51. The highest BCUT2D eigenvalue weighted by Crippen LogP contribution is 2.28. The van der Waals surface area contributed by atoms with Crippen LogP contribution < -0.4 is 5.32 Å². The van der Waals surface area contributed by atoms with E-state index in [1.54, 1.807) is 0 Å². The van der Waals surface area contributed by atoms with E-state index in [0.29, 0.717) is 6.20 Å². The predicted octanol–water partition coefficient (Wildman–Crippen LogP) is 1.60. The van der Waals surface area contributed by atoms with Gasteiger partial charge in [-0.25, -0.2) is 4.98 Å². The number of halogens is 3. The van der Waals surface area contributed by atoms with E-state index in [2.05, 4.69) is 10.3 Å². The zero-order valence-electron chi connectivity index (χ0n) is 7.38. The van der Waals surface area contributed by atoms with Gasteiger partial charge in [0.2, 0.25) is 0 Å². The number of aromatic nitrogens is 1. The molecule has 0 saturated carbocycles. The average molecular weight is 220 g/mol. The lowest BCUT2D eigenvalue weighted by molar-refractivity contribution is -0.138. The molecule has 0 saturated heterocycles. The van der Waals surface area contributed by atoms with Crippen LogP contribution in [-0.2, 0) is 11.0 Å². The fraction of sp³-hybridized carbons (Fsp3) is 0.250. The molecule has 0 amide bonds. The SMILES string of the molecule is O=C(O)CNc1ccc(C(F)(F)F)cn1. The van der Waals surface area contributed by atoms with Crippen molar-refractivity contribution in [1.29, 1.82) is 0 Å². The van der Waals surface area contributed by atoms with Crippen LogP contribution in [0.15, 0.2) is 18.3 Å². The standard InChI is InChI=1S/C8H7F3N2O2/c9-8(10,11)5-1-2-6(12-3-5)13-4-7(14)15/h1-3H,4H2,(H,12,13)(H,14,15). The number of carboxylic acids is 1. The van der Waals surface area contributed by atoms with Gasteiger partial charge in [-0.15, -0.1) is 0 Å². The molecule has 1 aromatic heterocycles. The van der Waals surface area contributed by atoms with Crippen LogP contribution in [0.25, 0.3) is 0 Å².